The third-order valence-corrected chi connectivity index (χ3v) is 3.77. The van der Waals surface area contributed by atoms with Gasteiger partial charge in [0.2, 0.25) is 0 Å². The van der Waals surface area contributed by atoms with Crippen LogP contribution in [0.5, 0.6) is 0 Å². The first-order chi connectivity index (χ1) is 9.34. The summed E-state index contributed by atoms with van der Waals surface area (Å²) in [7, 11) is 0. The van der Waals surface area contributed by atoms with Gasteiger partial charge in [-0.15, -0.1) is 0 Å². The lowest BCUT2D eigenvalue weighted by Gasteiger charge is -2.11. The minimum atomic E-state index is 0.00560. The van der Waals surface area contributed by atoms with Crippen LogP contribution in [-0.4, -0.2) is 30.0 Å². The number of aromatic amines is 1. The Morgan fingerprint density at radius 2 is 2.32 bits per heavy atom. The van der Waals surface area contributed by atoms with Crippen molar-refractivity contribution >= 4 is 16.8 Å². The zero-order chi connectivity index (χ0) is 13.1. The number of rotatable bonds is 4. The number of hydrogen-bond acceptors (Lipinski definition) is 2. The van der Waals surface area contributed by atoms with E-state index in [-0.39, 0.29) is 5.91 Å². The van der Waals surface area contributed by atoms with Crippen LogP contribution >= 0.6 is 0 Å². The summed E-state index contributed by atoms with van der Waals surface area (Å²) in [5, 5.41) is 7.52. The Bertz CT molecular complexity index is 570. The maximum atomic E-state index is 12.2. The first-order valence-corrected chi connectivity index (χ1v) is 6.92. The van der Waals surface area contributed by atoms with Gasteiger partial charge in [-0.1, -0.05) is 12.1 Å². The van der Waals surface area contributed by atoms with Gasteiger partial charge in [-0.25, -0.2) is 0 Å². The fraction of sp³-hybridized carbons (Fsp3) is 0.400. The van der Waals surface area contributed by atoms with E-state index >= 15 is 0 Å². The van der Waals surface area contributed by atoms with Gasteiger partial charge in [0.15, 0.2) is 0 Å². The molecule has 3 N–H and O–H groups in total. The van der Waals surface area contributed by atoms with E-state index in [2.05, 4.69) is 15.6 Å². The summed E-state index contributed by atoms with van der Waals surface area (Å²) in [4.78, 5) is 15.3. The van der Waals surface area contributed by atoms with Crippen molar-refractivity contribution in [2.24, 2.45) is 0 Å². The number of hydrogen-bond donors (Lipinski definition) is 3. The summed E-state index contributed by atoms with van der Waals surface area (Å²) >= 11 is 0. The predicted octanol–water partition coefficient (Wildman–Crippen LogP) is 2.04. The first-order valence-electron chi connectivity index (χ1n) is 6.92. The molecule has 0 bridgehead atoms. The molecule has 4 nitrogen and oxygen atoms in total. The van der Waals surface area contributed by atoms with E-state index in [1.807, 2.05) is 30.5 Å². The molecule has 2 aromatic rings. The van der Waals surface area contributed by atoms with E-state index < -0.39 is 0 Å². The number of amides is 1. The Kier molecular flexibility index (Phi) is 3.51. The van der Waals surface area contributed by atoms with E-state index in [9.17, 15) is 4.79 Å². The zero-order valence-corrected chi connectivity index (χ0v) is 10.9. The van der Waals surface area contributed by atoms with Crippen LogP contribution in [0.4, 0.5) is 0 Å². The van der Waals surface area contributed by atoms with Gasteiger partial charge in [-0.05, 0) is 37.9 Å². The largest absolute Gasteiger partial charge is 0.361 e. The summed E-state index contributed by atoms with van der Waals surface area (Å²) in [6.07, 6.45) is 5.35. The number of carbonyl (C=O) groups excluding carboxylic acids is 1. The smallest absolute Gasteiger partial charge is 0.253 e. The molecule has 1 aromatic carbocycles. The topological polar surface area (TPSA) is 56.9 Å². The fourth-order valence-electron chi connectivity index (χ4n) is 2.73. The lowest BCUT2D eigenvalue weighted by Crippen LogP contribution is -2.30. The van der Waals surface area contributed by atoms with Crippen molar-refractivity contribution in [3.8, 4) is 0 Å². The SMILES string of the molecule is O=C(NCCC1CCCN1)c1cccc2cc[nH]c12. The highest BCUT2D eigenvalue weighted by Crippen LogP contribution is 2.16. The van der Waals surface area contributed by atoms with E-state index in [4.69, 9.17) is 0 Å². The Morgan fingerprint density at radius 3 is 3.16 bits per heavy atom. The van der Waals surface area contributed by atoms with Crippen molar-refractivity contribution in [1.82, 2.24) is 15.6 Å². The number of para-hydroxylation sites is 1. The second-order valence-electron chi connectivity index (χ2n) is 5.09. The van der Waals surface area contributed by atoms with E-state index in [0.717, 1.165) is 36.0 Å². The number of fused-ring (bicyclic) bond motifs is 1. The number of nitrogens with one attached hydrogen (secondary N) is 3. The van der Waals surface area contributed by atoms with Crippen molar-refractivity contribution in [2.75, 3.05) is 13.1 Å². The number of H-pyrrole nitrogens is 1. The zero-order valence-electron chi connectivity index (χ0n) is 10.9. The van der Waals surface area contributed by atoms with Crippen LogP contribution < -0.4 is 10.6 Å². The standard InChI is InChI=1S/C15H19N3O/c19-15(18-10-7-12-4-2-8-16-12)13-5-1-3-11-6-9-17-14(11)13/h1,3,5-6,9,12,16-17H,2,4,7-8,10H2,(H,18,19). The highest BCUT2D eigenvalue weighted by molar-refractivity contribution is 6.05. The van der Waals surface area contributed by atoms with Gasteiger partial charge in [0.05, 0.1) is 11.1 Å². The molecule has 1 atom stereocenters. The number of aromatic nitrogens is 1. The average Bonchev–Trinajstić information content (AvgIpc) is 3.08. The molecule has 1 unspecified atom stereocenters. The molecular weight excluding hydrogens is 238 g/mol. The Balaban J connectivity index is 1.62. The van der Waals surface area contributed by atoms with E-state index in [0.29, 0.717) is 6.04 Å². The van der Waals surface area contributed by atoms with Gasteiger partial charge in [0.1, 0.15) is 0 Å². The van der Waals surface area contributed by atoms with Gasteiger partial charge >= 0.3 is 0 Å². The first kappa shape index (κ1) is 12.2. The van der Waals surface area contributed by atoms with Crippen LogP contribution in [0.25, 0.3) is 10.9 Å². The van der Waals surface area contributed by atoms with Gasteiger partial charge in [-0.3, -0.25) is 4.79 Å². The maximum absolute atomic E-state index is 12.2. The molecule has 1 aliphatic rings. The van der Waals surface area contributed by atoms with Crippen LogP contribution in [0.1, 0.15) is 29.6 Å². The maximum Gasteiger partial charge on any atom is 0.253 e. The molecule has 1 aliphatic heterocycles. The van der Waals surface area contributed by atoms with Crippen LogP contribution in [0.15, 0.2) is 30.5 Å². The summed E-state index contributed by atoms with van der Waals surface area (Å²) in [6.45, 7) is 1.84. The molecule has 1 amide bonds. The Hall–Kier alpha value is -1.81. The van der Waals surface area contributed by atoms with Crippen molar-refractivity contribution in [1.29, 1.82) is 0 Å². The van der Waals surface area contributed by atoms with Crippen molar-refractivity contribution < 1.29 is 4.79 Å². The molecule has 0 spiro atoms. The van der Waals surface area contributed by atoms with Crippen LogP contribution in [0.2, 0.25) is 0 Å². The number of benzene rings is 1. The Labute approximate surface area is 112 Å². The van der Waals surface area contributed by atoms with Gasteiger partial charge in [0.25, 0.3) is 5.91 Å². The predicted molar refractivity (Wildman–Crippen MR) is 76.3 cm³/mol. The third-order valence-electron chi connectivity index (χ3n) is 3.77. The molecule has 100 valence electrons. The monoisotopic (exact) mass is 257 g/mol. The lowest BCUT2D eigenvalue weighted by atomic mass is 10.1. The average molecular weight is 257 g/mol. The van der Waals surface area contributed by atoms with Gasteiger partial charge < -0.3 is 15.6 Å². The minimum absolute atomic E-state index is 0.00560. The summed E-state index contributed by atoms with van der Waals surface area (Å²) in [6, 6.07) is 8.34. The van der Waals surface area contributed by atoms with Crippen LogP contribution in [0, 0.1) is 0 Å². The molecule has 1 saturated heterocycles. The summed E-state index contributed by atoms with van der Waals surface area (Å²) in [5.74, 6) is 0.00560. The molecule has 1 aromatic heterocycles. The normalized spacial score (nSPS) is 18.8. The van der Waals surface area contributed by atoms with Gasteiger partial charge in [-0.2, -0.15) is 0 Å². The van der Waals surface area contributed by atoms with E-state index in [1.165, 1.54) is 12.8 Å². The second-order valence-corrected chi connectivity index (χ2v) is 5.09. The lowest BCUT2D eigenvalue weighted by molar-refractivity contribution is 0.0954. The quantitative estimate of drug-likeness (QED) is 0.785. The molecule has 3 rings (SSSR count). The molecule has 2 heterocycles. The number of carbonyl (C=O) groups is 1. The molecule has 0 radical (unpaired) electrons. The molecular formula is C15H19N3O. The van der Waals surface area contributed by atoms with E-state index in [1.54, 1.807) is 0 Å². The molecule has 0 saturated carbocycles. The van der Waals surface area contributed by atoms with Crippen LogP contribution in [-0.2, 0) is 0 Å². The fourth-order valence-corrected chi connectivity index (χ4v) is 2.73. The summed E-state index contributed by atoms with van der Waals surface area (Å²) < 4.78 is 0. The highest BCUT2D eigenvalue weighted by Gasteiger charge is 2.15. The summed E-state index contributed by atoms with van der Waals surface area (Å²) in [5.41, 5.74) is 1.64. The highest BCUT2D eigenvalue weighted by atomic mass is 16.1. The molecule has 1 fully saturated rings. The second kappa shape index (κ2) is 5.45. The van der Waals surface area contributed by atoms with Crippen molar-refractivity contribution in [3.63, 3.8) is 0 Å². The van der Waals surface area contributed by atoms with Crippen molar-refractivity contribution in [3.05, 3.63) is 36.0 Å². The van der Waals surface area contributed by atoms with Gasteiger partial charge in [0, 0.05) is 24.2 Å². The third kappa shape index (κ3) is 2.63. The minimum Gasteiger partial charge on any atom is -0.361 e. The molecule has 4 heteroatoms. The molecule has 0 aliphatic carbocycles. The van der Waals surface area contributed by atoms with Crippen molar-refractivity contribution in [2.45, 2.75) is 25.3 Å². The molecule has 19 heavy (non-hydrogen) atoms. The Morgan fingerprint density at radius 1 is 1.37 bits per heavy atom. The van der Waals surface area contributed by atoms with Crippen LogP contribution in [0.3, 0.4) is 0 Å².